The minimum Gasteiger partial charge on any atom is -0.359 e. The van der Waals surface area contributed by atoms with Crippen LogP contribution in [-0.4, -0.2) is 65.0 Å². The third kappa shape index (κ3) is 4.71. The summed E-state index contributed by atoms with van der Waals surface area (Å²) < 4.78 is 5.43. The van der Waals surface area contributed by atoms with Crippen molar-refractivity contribution in [3.63, 3.8) is 0 Å². The van der Waals surface area contributed by atoms with Gasteiger partial charge < -0.3 is 14.3 Å². The third-order valence-electron chi connectivity index (χ3n) is 4.95. The first-order valence-electron chi connectivity index (χ1n) is 9.43. The Morgan fingerprint density at radius 3 is 2.46 bits per heavy atom. The zero-order valence-electron chi connectivity index (χ0n) is 15.7. The SMILES string of the molecule is CCN1CCN(Cc2cc(C(=O)N(CC)Cc3ccccc3)no2)CC1. The lowest BCUT2D eigenvalue weighted by atomic mass is 10.2. The summed E-state index contributed by atoms with van der Waals surface area (Å²) in [4.78, 5) is 19.3. The maximum atomic E-state index is 12.8. The highest BCUT2D eigenvalue weighted by atomic mass is 16.5. The number of hydrogen-bond acceptors (Lipinski definition) is 5. The summed E-state index contributed by atoms with van der Waals surface area (Å²) in [5.74, 6) is 0.677. The molecule has 1 amide bonds. The molecule has 2 heterocycles. The molecule has 0 aliphatic carbocycles. The number of rotatable bonds is 7. The molecule has 0 bridgehead atoms. The van der Waals surface area contributed by atoms with Crippen molar-refractivity contribution in [2.75, 3.05) is 39.3 Å². The molecule has 6 nitrogen and oxygen atoms in total. The van der Waals surface area contributed by atoms with Crippen LogP contribution in [0.25, 0.3) is 0 Å². The Bertz CT molecular complexity index is 693. The highest BCUT2D eigenvalue weighted by Gasteiger charge is 2.21. The minimum absolute atomic E-state index is 0.0813. The van der Waals surface area contributed by atoms with Gasteiger partial charge in [0.05, 0.1) is 6.54 Å². The maximum absolute atomic E-state index is 12.8. The number of benzene rings is 1. The van der Waals surface area contributed by atoms with Gasteiger partial charge in [-0.05, 0) is 19.0 Å². The first-order valence-corrected chi connectivity index (χ1v) is 9.43. The van der Waals surface area contributed by atoms with E-state index >= 15 is 0 Å². The molecule has 0 N–H and O–H groups in total. The van der Waals surface area contributed by atoms with E-state index in [9.17, 15) is 4.79 Å². The highest BCUT2D eigenvalue weighted by molar-refractivity contribution is 5.92. The maximum Gasteiger partial charge on any atom is 0.276 e. The molecule has 0 radical (unpaired) electrons. The molecule has 2 aromatic rings. The largest absolute Gasteiger partial charge is 0.359 e. The highest BCUT2D eigenvalue weighted by Crippen LogP contribution is 2.13. The van der Waals surface area contributed by atoms with E-state index in [1.807, 2.05) is 37.3 Å². The number of piperazine rings is 1. The molecule has 0 atom stereocenters. The predicted octanol–water partition coefficient (Wildman–Crippen LogP) is 2.47. The summed E-state index contributed by atoms with van der Waals surface area (Å²) in [6.07, 6.45) is 0. The van der Waals surface area contributed by atoms with Crippen LogP contribution in [0.5, 0.6) is 0 Å². The van der Waals surface area contributed by atoms with Gasteiger partial charge in [0.15, 0.2) is 11.5 Å². The number of nitrogens with zero attached hydrogens (tertiary/aromatic N) is 4. The first-order chi connectivity index (χ1) is 12.7. The number of hydrogen-bond donors (Lipinski definition) is 0. The average Bonchev–Trinajstić information content (AvgIpc) is 3.15. The first kappa shape index (κ1) is 18.6. The standard InChI is InChI=1S/C20H28N4O2/c1-3-22-10-12-23(13-11-22)16-18-14-19(21-26-18)20(25)24(4-2)15-17-8-6-5-7-9-17/h5-9,14H,3-4,10-13,15-16H2,1-2H3. The number of likely N-dealkylation sites (N-methyl/N-ethyl adjacent to an activating group) is 1. The van der Waals surface area contributed by atoms with E-state index in [1.54, 1.807) is 11.0 Å². The summed E-state index contributed by atoms with van der Waals surface area (Å²) in [5, 5.41) is 4.02. The number of carbonyl (C=O) groups is 1. The zero-order chi connectivity index (χ0) is 18.4. The summed E-state index contributed by atoms with van der Waals surface area (Å²) in [6, 6.07) is 11.8. The Morgan fingerprint density at radius 1 is 1.12 bits per heavy atom. The fraction of sp³-hybridized carbons (Fsp3) is 0.500. The van der Waals surface area contributed by atoms with E-state index in [0.717, 1.165) is 44.0 Å². The van der Waals surface area contributed by atoms with Crippen LogP contribution in [0.2, 0.25) is 0 Å². The van der Waals surface area contributed by atoms with Gasteiger partial charge in [-0.15, -0.1) is 0 Å². The molecule has 26 heavy (non-hydrogen) atoms. The monoisotopic (exact) mass is 356 g/mol. The lowest BCUT2D eigenvalue weighted by molar-refractivity contribution is 0.0741. The van der Waals surface area contributed by atoms with Gasteiger partial charge in [0, 0.05) is 45.3 Å². The van der Waals surface area contributed by atoms with Gasteiger partial charge in [-0.1, -0.05) is 42.4 Å². The molecule has 0 saturated carbocycles. The van der Waals surface area contributed by atoms with Gasteiger partial charge in [0.2, 0.25) is 0 Å². The van der Waals surface area contributed by atoms with Crippen molar-refractivity contribution < 1.29 is 9.32 Å². The van der Waals surface area contributed by atoms with Crippen molar-refractivity contribution >= 4 is 5.91 Å². The number of amides is 1. The van der Waals surface area contributed by atoms with Crippen LogP contribution in [-0.2, 0) is 13.1 Å². The minimum atomic E-state index is -0.0813. The van der Waals surface area contributed by atoms with Gasteiger partial charge in [-0.3, -0.25) is 9.69 Å². The lowest BCUT2D eigenvalue weighted by Gasteiger charge is -2.33. The van der Waals surface area contributed by atoms with Gasteiger partial charge >= 0.3 is 0 Å². The topological polar surface area (TPSA) is 52.8 Å². The Kier molecular flexibility index (Phi) is 6.41. The molecule has 1 aromatic heterocycles. The molecule has 1 saturated heterocycles. The Morgan fingerprint density at radius 2 is 1.81 bits per heavy atom. The molecule has 1 aliphatic heterocycles. The van der Waals surface area contributed by atoms with Crippen LogP contribution in [0.1, 0.15) is 35.7 Å². The van der Waals surface area contributed by atoms with Crippen molar-refractivity contribution in [3.8, 4) is 0 Å². The van der Waals surface area contributed by atoms with E-state index in [4.69, 9.17) is 4.52 Å². The average molecular weight is 356 g/mol. The molecule has 3 rings (SSSR count). The predicted molar refractivity (Wildman–Crippen MR) is 101 cm³/mol. The smallest absolute Gasteiger partial charge is 0.276 e. The van der Waals surface area contributed by atoms with Crippen LogP contribution in [0.15, 0.2) is 40.9 Å². The van der Waals surface area contributed by atoms with Crippen LogP contribution >= 0.6 is 0 Å². The van der Waals surface area contributed by atoms with Gasteiger partial charge in [0.25, 0.3) is 5.91 Å². The summed E-state index contributed by atoms with van der Waals surface area (Å²) >= 11 is 0. The zero-order valence-corrected chi connectivity index (χ0v) is 15.7. The Hall–Kier alpha value is -2.18. The number of carbonyl (C=O) groups excluding carboxylic acids is 1. The molecular formula is C20H28N4O2. The van der Waals surface area contributed by atoms with Crippen LogP contribution < -0.4 is 0 Å². The lowest BCUT2D eigenvalue weighted by Crippen LogP contribution is -2.45. The molecule has 6 heteroatoms. The van der Waals surface area contributed by atoms with Gasteiger partial charge in [-0.2, -0.15) is 0 Å². The Labute approximate surface area is 155 Å². The molecule has 140 valence electrons. The van der Waals surface area contributed by atoms with E-state index in [-0.39, 0.29) is 5.91 Å². The van der Waals surface area contributed by atoms with E-state index in [2.05, 4.69) is 21.9 Å². The van der Waals surface area contributed by atoms with Crippen molar-refractivity contribution in [1.29, 1.82) is 0 Å². The van der Waals surface area contributed by atoms with Crippen molar-refractivity contribution in [1.82, 2.24) is 19.9 Å². The summed E-state index contributed by atoms with van der Waals surface area (Å²) in [5.41, 5.74) is 1.50. The fourth-order valence-electron chi connectivity index (χ4n) is 3.27. The van der Waals surface area contributed by atoms with Crippen molar-refractivity contribution in [3.05, 3.63) is 53.4 Å². The number of aromatic nitrogens is 1. The van der Waals surface area contributed by atoms with E-state index in [0.29, 0.717) is 25.3 Å². The molecule has 1 aliphatic rings. The fourth-order valence-corrected chi connectivity index (χ4v) is 3.27. The van der Waals surface area contributed by atoms with Crippen LogP contribution in [0, 0.1) is 0 Å². The second-order valence-corrected chi connectivity index (χ2v) is 6.69. The molecule has 0 spiro atoms. The van der Waals surface area contributed by atoms with Crippen molar-refractivity contribution in [2.24, 2.45) is 0 Å². The Balaban J connectivity index is 1.58. The molecule has 1 aromatic carbocycles. The van der Waals surface area contributed by atoms with Crippen LogP contribution in [0.3, 0.4) is 0 Å². The normalized spacial score (nSPS) is 15.9. The molecule has 1 fully saturated rings. The van der Waals surface area contributed by atoms with E-state index in [1.165, 1.54) is 0 Å². The molecular weight excluding hydrogens is 328 g/mol. The second kappa shape index (κ2) is 8.96. The van der Waals surface area contributed by atoms with Crippen molar-refractivity contribution in [2.45, 2.75) is 26.9 Å². The van der Waals surface area contributed by atoms with Gasteiger partial charge in [-0.25, -0.2) is 0 Å². The quantitative estimate of drug-likeness (QED) is 0.763. The summed E-state index contributed by atoms with van der Waals surface area (Å²) in [7, 11) is 0. The summed E-state index contributed by atoms with van der Waals surface area (Å²) in [6.45, 7) is 11.4. The third-order valence-corrected chi connectivity index (χ3v) is 4.95. The van der Waals surface area contributed by atoms with Gasteiger partial charge in [0.1, 0.15) is 0 Å². The van der Waals surface area contributed by atoms with Crippen LogP contribution in [0.4, 0.5) is 0 Å². The molecule has 0 unspecified atom stereocenters. The van der Waals surface area contributed by atoms with E-state index < -0.39 is 0 Å². The second-order valence-electron chi connectivity index (χ2n) is 6.69.